The molecule has 0 saturated heterocycles. The van der Waals surface area contributed by atoms with Gasteiger partial charge in [0.2, 0.25) is 0 Å². The van der Waals surface area contributed by atoms with Gasteiger partial charge in [-0.15, -0.1) is 0 Å². The summed E-state index contributed by atoms with van der Waals surface area (Å²) in [6, 6.07) is 13.1. The van der Waals surface area contributed by atoms with Crippen molar-refractivity contribution in [2.24, 2.45) is 0 Å². The summed E-state index contributed by atoms with van der Waals surface area (Å²) in [6.45, 7) is 2.18. The molecular formula is C15H14FNO2. The summed E-state index contributed by atoms with van der Waals surface area (Å²) < 4.78 is 18.7. The van der Waals surface area contributed by atoms with Crippen molar-refractivity contribution >= 4 is 11.6 Å². The highest BCUT2D eigenvalue weighted by atomic mass is 19.1. The molecular weight excluding hydrogens is 245 g/mol. The number of halogens is 1. The maximum absolute atomic E-state index is 13.6. The lowest BCUT2D eigenvalue weighted by Crippen LogP contribution is -2.11. The van der Waals surface area contributed by atoms with E-state index in [1.807, 2.05) is 6.07 Å². The molecule has 0 radical (unpaired) electrons. The molecule has 0 fully saturated rings. The molecule has 0 aromatic heterocycles. The van der Waals surface area contributed by atoms with Gasteiger partial charge >= 0.3 is 0 Å². The van der Waals surface area contributed by atoms with Gasteiger partial charge in [-0.2, -0.15) is 0 Å². The highest BCUT2D eigenvalue weighted by Crippen LogP contribution is 2.21. The van der Waals surface area contributed by atoms with Crippen LogP contribution in [0.4, 0.5) is 10.1 Å². The summed E-state index contributed by atoms with van der Waals surface area (Å²) in [5, 5.41) is 2.63. The minimum absolute atomic E-state index is 0.181. The first-order chi connectivity index (χ1) is 9.20. The molecule has 2 rings (SSSR count). The minimum Gasteiger partial charge on any atom is -0.491 e. The molecule has 0 unspecified atom stereocenters. The van der Waals surface area contributed by atoms with Crippen LogP contribution >= 0.6 is 0 Å². The Bertz CT molecular complexity index is 570. The molecule has 1 amide bonds. The molecule has 1 N–H and O–H groups in total. The van der Waals surface area contributed by atoms with Gasteiger partial charge in [0.1, 0.15) is 0 Å². The van der Waals surface area contributed by atoms with Gasteiger partial charge in [-0.25, -0.2) is 4.39 Å². The zero-order valence-electron chi connectivity index (χ0n) is 10.5. The van der Waals surface area contributed by atoms with Gasteiger partial charge in [-0.1, -0.05) is 18.2 Å². The molecule has 0 atom stereocenters. The summed E-state index contributed by atoms with van der Waals surface area (Å²) in [4.78, 5) is 11.9. The third kappa shape index (κ3) is 3.31. The fourth-order valence-electron chi connectivity index (χ4n) is 1.64. The summed E-state index contributed by atoms with van der Waals surface area (Å²) in [5.74, 6) is -0.586. The first kappa shape index (κ1) is 13.1. The Morgan fingerprint density at radius 3 is 2.58 bits per heavy atom. The minimum atomic E-state index is -0.493. The van der Waals surface area contributed by atoms with Crippen molar-refractivity contribution in [2.45, 2.75) is 6.92 Å². The Labute approximate surface area is 111 Å². The lowest BCUT2D eigenvalue weighted by atomic mass is 10.2. The van der Waals surface area contributed by atoms with Crippen LogP contribution < -0.4 is 10.1 Å². The molecule has 0 bridgehead atoms. The number of rotatable bonds is 4. The van der Waals surface area contributed by atoms with Crippen molar-refractivity contribution in [3.8, 4) is 5.75 Å². The molecule has 2 aromatic carbocycles. The molecule has 98 valence electrons. The van der Waals surface area contributed by atoms with Crippen LogP contribution in [0.3, 0.4) is 0 Å². The van der Waals surface area contributed by atoms with Crippen LogP contribution in [0.25, 0.3) is 0 Å². The Kier molecular flexibility index (Phi) is 4.13. The Hall–Kier alpha value is -2.36. The number of ether oxygens (including phenoxy) is 1. The zero-order chi connectivity index (χ0) is 13.7. The van der Waals surface area contributed by atoms with E-state index in [2.05, 4.69) is 5.32 Å². The van der Waals surface area contributed by atoms with Crippen molar-refractivity contribution in [1.29, 1.82) is 0 Å². The quantitative estimate of drug-likeness (QED) is 0.912. The number of anilines is 1. The molecule has 0 saturated carbocycles. The van der Waals surface area contributed by atoms with Gasteiger partial charge in [-0.3, -0.25) is 4.79 Å². The van der Waals surface area contributed by atoms with Crippen LogP contribution in [0.5, 0.6) is 5.75 Å². The second kappa shape index (κ2) is 6.00. The SMILES string of the molecule is CCOc1ccc(NC(=O)c2ccccc2)cc1F. The van der Waals surface area contributed by atoms with Gasteiger partial charge in [0, 0.05) is 17.3 Å². The van der Waals surface area contributed by atoms with E-state index in [0.29, 0.717) is 17.9 Å². The van der Waals surface area contributed by atoms with Crippen molar-refractivity contribution in [3.63, 3.8) is 0 Å². The topological polar surface area (TPSA) is 38.3 Å². The van der Waals surface area contributed by atoms with Gasteiger partial charge in [0.25, 0.3) is 5.91 Å². The average molecular weight is 259 g/mol. The molecule has 2 aromatic rings. The zero-order valence-corrected chi connectivity index (χ0v) is 10.5. The number of hydrogen-bond acceptors (Lipinski definition) is 2. The highest BCUT2D eigenvalue weighted by molar-refractivity contribution is 6.04. The summed E-state index contributed by atoms with van der Waals surface area (Å²) >= 11 is 0. The molecule has 0 heterocycles. The molecule has 0 aliphatic rings. The maximum atomic E-state index is 13.6. The van der Waals surface area contributed by atoms with Crippen LogP contribution in [0.2, 0.25) is 0 Å². The van der Waals surface area contributed by atoms with E-state index in [4.69, 9.17) is 4.74 Å². The van der Waals surface area contributed by atoms with Crippen molar-refractivity contribution in [1.82, 2.24) is 0 Å². The van der Waals surface area contributed by atoms with E-state index in [1.165, 1.54) is 12.1 Å². The molecule has 3 nitrogen and oxygen atoms in total. The van der Waals surface area contributed by atoms with Gasteiger partial charge in [0.05, 0.1) is 6.61 Å². The number of benzene rings is 2. The predicted molar refractivity (Wildman–Crippen MR) is 72.0 cm³/mol. The largest absolute Gasteiger partial charge is 0.491 e. The Balaban J connectivity index is 2.12. The fourth-order valence-corrected chi connectivity index (χ4v) is 1.64. The molecule has 19 heavy (non-hydrogen) atoms. The number of nitrogens with one attached hydrogen (secondary N) is 1. The van der Waals surface area contributed by atoms with Crippen LogP contribution in [0.1, 0.15) is 17.3 Å². The average Bonchev–Trinajstić information content (AvgIpc) is 2.43. The first-order valence-electron chi connectivity index (χ1n) is 5.99. The van der Waals surface area contributed by atoms with Gasteiger partial charge < -0.3 is 10.1 Å². The van der Waals surface area contributed by atoms with E-state index < -0.39 is 5.82 Å². The lowest BCUT2D eigenvalue weighted by Gasteiger charge is -2.08. The van der Waals surface area contributed by atoms with E-state index in [-0.39, 0.29) is 11.7 Å². The third-order valence-electron chi connectivity index (χ3n) is 2.53. The number of amides is 1. The summed E-state index contributed by atoms with van der Waals surface area (Å²) in [6.07, 6.45) is 0. The number of carbonyl (C=O) groups is 1. The predicted octanol–water partition coefficient (Wildman–Crippen LogP) is 3.48. The molecule has 0 aliphatic heterocycles. The summed E-state index contributed by atoms with van der Waals surface area (Å²) in [7, 11) is 0. The Morgan fingerprint density at radius 1 is 1.21 bits per heavy atom. The van der Waals surface area contributed by atoms with Crippen LogP contribution in [0, 0.1) is 5.82 Å². The molecule has 4 heteroatoms. The normalized spacial score (nSPS) is 10.0. The van der Waals surface area contributed by atoms with E-state index >= 15 is 0 Å². The van der Waals surface area contributed by atoms with Crippen LogP contribution in [-0.2, 0) is 0 Å². The van der Waals surface area contributed by atoms with Crippen LogP contribution in [-0.4, -0.2) is 12.5 Å². The second-order valence-electron chi connectivity index (χ2n) is 3.90. The van der Waals surface area contributed by atoms with E-state index in [1.54, 1.807) is 37.3 Å². The lowest BCUT2D eigenvalue weighted by molar-refractivity contribution is 0.102. The van der Waals surface area contributed by atoms with E-state index in [0.717, 1.165) is 0 Å². The first-order valence-corrected chi connectivity index (χ1v) is 5.99. The van der Waals surface area contributed by atoms with Crippen molar-refractivity contribution in [3.05, 3.63) is 59.9 Å². The van der Waals surface area contributed by atoms with E-state index in [9.17, 15) is 9.18 Å². The molecule has 0 spiro atoms. The van der Waals surface area contributed by atoms with Crippen LogP contribution in [0.15, 0.2) is 48.5 Å². The monoisotopic (exact) mass is 259 g/mol. The standard InChI is InChI=1S/C15H14FNO2/c1-2-19-14-9-8-12(10-13(14)16)17-15(18)11-6-4-3-5-7-11/h3-10H,2H2,1H3,(H,17,18). The maximum Gasteiger partial charge on any atom is 0.255 e. The Morgan fingerprint density at radius 2 is 1.95 bits per heavy atom. The number of hydrogen-bond donors (Lipinski definition) is 1. The summed E-state index contributed by atoms with van der Waals surface area (Å²) in [5.41, 5.74) is 0.923. The van der Waals surface area contributed by atoms with Crippen molar-refractivity contribution < 1.29 is 13.9 Å². The third-order valence-corrected chi connectivity index (χ3v) is 2.53. The van der Waals surface area contributed by atoms with Gasteiger partial charge in [0.15, 0.2) is 11.6 Å². The van der Waals surface area contributed by atoms with Crippen molar-refractivity contribution in [2.75, 3.05) is 11.9 Å². The fraction of sp³-hybridized carbons (Fsp3) is 0.133. The smallest absolute Gasteiger partial charge is 0.255 e. The number of carbonyl (C=O) groups excluding carboxylic acids is 1. The molecule has 0 aliphatic carbocycles. The van der Waals surface area contributed by atoms with Gasteiger partial charge in [-0.05, 0) is 31.2 Å². The highest BCUT2D eigenvalue weighted by Gasteiger charge is 2.08. The second-order valence-corrected chi connectivity index (χ2v) is 3.90.